The van der Waals surface area contributed by atoms with Crippen molar-refractivity contribution in [2.45, 2.75) is 53.8 Å². The monoisotopic (exact) mass is 355 g/mol. The highest BCUT2D eigenvalue weighted by Gasteiger charge is 2.28. The van der Waals surface area contributed by atoms with Crippen LogP contribution >= 0.6 is 0 Å². The van der Waals surface area contributed by atoms with E-state index in [0.29, 0.717) is 6.54 Å². The van der Waals surface area contributed by atoms with Crippen molar-refractivity contribution in [1.29, 1.82) is 0 Å². The van der Waals surface area contributed by atoms with Gasteiger partial charge in [0, 0.05) is 22.6 Å². The van der Waals surface area contributed by atoms with E-state index in [0.717, 1.165) is 35.7 Å². The molecule has 1 saturated heterocycles. The number of aryl methyl sites for hydroxylation is 3. The van der Waals surface area contributed by atoms with Crippen LogP contribution in [0.3, 0.4) is 0 Å². The molecule has 3 rings (SSSR count). The van der Waals surface area contributed by atoms with E-state index in [1.165, 1.54) is 16.0 Å². The first-order valence-electron chi connectivity index (χ1n) is 9.55. The summed E-state index contributed by atoms with van der Waals surface area (Å²) in [6.45, 7) is 14.9. The minimum Gasteiger partial charge on any atom is -0.364 e. The highest BCUT2D eigenvalue weighted by Crippen LogP contribution is 2.23. The first-order valence-corrected chi connectivity index (χ1v) is 9.55. The lowest BCUT2D eigenvalue weighted by molar-refractivity contribution is -0.906. The molecule has 140 valence electrons. The predicted octanol–water partition coefficient (Wildman–Crippen LogP) is 2.59. The van der Waals surface area contributed by atoms with Crippen molar-refractivity contribution >= 4 is 5.78 Å². The average molecular weight is 356 g/mol. The fraction of sp³-hybridized carbons (Fsp3) is 0.500. The molecular weight excluding hydrogens is 324 g/mol. The van der Waals surface area contributed by atoms with Gasteiger partial charge in [-0.2, -0.15) is 0 Å². The molecule has 1 aliphatic rings. The Balaban J connectivity index is 1.85. The molecule has 4 nitrogen and oxygen atoms in total. The third kappa shape index (κ3) is 3.76. The smallest absolute Gasteiger partial charge is 0.218 e. The number of ether oxygens (including phenoxy) is 1. The number of nitrogens with one attached hydrogen (secondary N) is 1. The summed E-state index contributed by atoms with van der Waals surface area (Å²) in [5.74, 6) is 0.226. The molecule has 1 aromatic carbocycles. The van der Waals surface area contributed by atoms with E-state index in [1.807, 2.05) is 6.07 Å². The average Bonchev–Trinajstić information content (AvgIpc) is 2.84. The molecule has 1 N–H and O–H groups in total. The molecule has 0 spiro atoms. The molecular formula is C22H31N2O2+. The van der Waals surface area contributed by atoms with Crippen molar-refractivity contribution in [3.8, 4) is 5.69 Å². The lowest BCUT2D eigenvalue weighted by atomic mass is 10.1. The molecule has 1 aliphatic heterocycles. The highest BCUT2D eigenvalue weighted by molar-refractivity contribution is 5.98. The van der Waals surface area contributed by atoms with Crippen molar-refractivity contribution < 1.29 is 14.4 Å². The van der Waals surface area contributed by atoms with Crippen molar-refractivity contribution in [3.63, 3.8) is 0 Å². The number of nitrogens with zero attached hydrogens (tertiary/aromatic N) is 1. The number of Topliss-reactive ketones (excluding diaryl/α,β-unsaturated/α-hetero) is 1. The second kappa shape index (κ2) is 7.37. The Morgan fingerprint density at radius 2 is 1.73 bits per heavy atom. The second-order valence-corrected chi connectivity index (χ2v) is 7.90. The van der Waals surface area contributed by atoms with E-state index in [1.54, 1.807) is 0 Å². The number of aromatic nitrogens is 1. The van der Waals surface area contributed by atoms with Gasteiger partial charge in [-0.25, -0.2) is 0 Å². The van der Waals surface area contributed by atoms with Gasteiger partial charge in [-0.3, -0.25) is 4.79 Å². The van der Waals surface area contributed by atoms with Crippen molar-refractivity contribution in [2.75, 3.05) is 19.6 Å². The van der Waals surface area contributed by atoms with E-state index < -0.39 is 0 Å². The van der Waals surface area contributed by atoms with E-state index in [-0.39, 0.29) is 18.0 Å². The number of rotatable bonds is 4. The Morgan fingerprint density at radius 1 is 1.08 bits per heavy atom. The number of hydrogen-bond donors (Lipinski definition) is 1. The zero-order chi connectivity index (χ0) is 19.0. The quantitative estimate of drug-likeness (QED) is 0.856. The molecule has 1 fully saturated rings. The summed E-state index contributed by atoms with van der Waals surface area (Å²) >= 11 is 0. The molecule has 2 aromatic rings. The minimum absolute atomic E-state index is 0.213. The van der Waals surface area contributed by atoms with Gasteiger partial charge < -0.3 is 14.2 Å². The molecule has 2 heterocycles. The minimum atomic E-state index is 0.213. The summed E-state index contributed by atoms with van der Waals surface area (Å²) in [6.07, 6.45) is 0.425. The molecule has 0 bridgehead atoms. The number of carbonyl (C=O) groups is 1. The van der Waals surface area contributed by atoms with Crippen LogP contribution in [-0.2, 0) is 4.74 Å². The molecule has 1 aromatic heterocycles. The van der Waals surface area contributed by atoms with Gasteiger partial charge in [0.05, 0.1) is 0 Å². The Bertz CT molecular complexity index is 812. The molecule has 0 amide bonds. The normalized spacial score (nSPS) is 23.2. The fourth-order valence-electron chi connectivity index (χ4n) is 4.16. The lowest BCUT2D eigenvalue weighted by Gasteiger charge is -2.31. The van der Waals surface area contributed by atoms with Gasteiger partial charge in [-0.1, -0.05) is 6.07 Å². The molecule has 4 heteroatoms. The fourth-order valence-corrected chi connectivity index (χ4v) is 4.16. The van der Waals surface area contributed by atoms with Crippen molar-refractivity contribution in [3.05, 3.63) is 52.3 Å². The summed E-state index contributed by atoms with van der Waals surface area (Å²) < 4.78 is 7.99. The summed E-state index contributed by atoms with van der Waals surface area (Å²) in [7, 11) is 0. The Labute approximate surface area is 156 Å². The van der Waals surface area contributed by atoms with E-state index in [4.69, 9.17) is 4.74 Å². The molecule has 2 atom stereocenters. The van der Waals surface area contributed by atoms with E-state index in [9.17, 15) is 4.79 Å². The van der Waals surface area contributed by atoms with Gasteiger partial charge in [-0.15, -0.1) is 0 Å². The zero-order valence-electron chi connectivity index (χ0n) is 16.8. The van der Waals surface area contributed by atoms with E-state index in [2.05, 4.69) is 64.3 Å². The number of morpholine rings is 1. The van der Waals surface area contributed by atoms with Gasteiger partial charge in [0.15, 0.2) is 0 Å². The third-order valence-electron chi connectivity index (χ3n) is 5.51. The zero-order valence-corrected chi connectivity index (χ0v) is 16.8. The Hall–Kier alpha value is -1.91. The van der Waals surface area contributed by atoms with Crippen LogP contribution in [0.2, 0.25) is 0 Å². The topological polar surface area (TPSA) is 35.7 Å². The number of hydrogen-bond acceptors (Lipinski definition) is 2. The first-order chi connectivity index (χ1) is 12.3. The molecule has 0 unspecified atom stereocenters. The highest BCUT2D eigenvalue weighted by atomic mass is 16.5. The largest absolute Gasteiger partial charge is 0.364 e. The third-order valence-corrected chi connectivity index (χ3v) is 5.51. The van der Waals surface area contributed by atoms with E-state index >= 15 is 0 Å². The maximum Gasteiger partial charge on any atom is 0.218 e. The van der Waals surface area contributed by atoms with Gasteiger partial charge in [-0.05, 0) is 70.9 Å². The maximum absolute atomic E-state index is 13.0. The number of benzene rings is 1. The maximum atomic E-state index is 13.0. The SMILES string of the molecule is Cc1ccc(-n2c(C)cc(C(=O)C[NH+]3C[C@@H](C)O[C@H](C)C3)c2C)cc1C. The van der Waals surface area contributed by atoms with Crippen LogP contribution in [0.1, 0.15) is 46.7 Å². The molecule has 0 aliphatic carbocycles. The summed E-state index contributed by atoms with van der Waals surface area (Å²) in [6, 6.07) is 8.51. The van der Waals surface area contributed by atoms with Crippen LogP contribution in [0, 0.1) is 27.7 Å². The number of ketones is 1. The van der Waals surface area contributed by atoms with Gasteiger partial charge in [0.25, 0.3) is 0 Å². The first kappa shape index (κ1) is 18.9. The number of carbonyl (C=O) groups excluding carboxylic acids is 1. The summed E-state index contributed by atoms with van der Waals surface area (Å²) in [5, 5.41) is 0. The van der Waals surface area contributed by atoms with Gasteiger partial charge in [0.2, 0.25) is 5.78 Å². The van der Waals surface area contributed by atoms with Crippen LogP contribution < -0.4 is 4.90 Å². The molecule has 0 radical (unpaired) electrons. The van der Waals surface area contributed by atoms with Crippen LogP contribution in [0.25, 0.3) is 5.69 Å². The van der Waals surface area contributed by atoms with Gasteiger partial charge >= 0.3 is 0 Å². The number of quaternary nitrogens is 1. The van der Waals surface area contributed by atoms with Crippen LogP contribution in [0.4, 0.5) is 0 Å². The standard InChI is InChI=1S/C22H30N2O2/c1-14-7-8-20(9-15(14)2)24-16(3)10-21(19(24)6)22(25)13-23-11-17(4)26-18(5)12-23/h7-10,17-18H,11-13H2,1-6H3/p+1/t17-,18-/m1/s1. The van der Waals surface area contributed by atoms with Gasteiger partial charge in [0.1, 0.15) is 31.8 Å². The van der Waals surface area contributed by atoms with Crippen molar-refractivity contribution in [1.82, 2.24) is 4.57 Å². The summed E-state index contributed by atoms with van der Waals surface area (Å²) in [5.41, 5.74) is 6.66. The lowest BCUT2D eigenvalue weighted by Crippen LogP contribution is -3.16. The van der Waals surface area contributed by atoms with Crippen molar-refractivity contribution in [2.24, 2.45) is 0 Å². The van der Waals surface area contributed by atoms with Crippen LogP contribution in [-0.4, -0.2) is 42.2 Å². The van der Waals surface area contributed by atoms with Crippen LogP contribution in [0.5, 0.6) is 0 Å². The summed E-state index contributed by atoms with van der Waals surface area (Å²) in [4.78, 5) is 14.3. The Kier molecular flexibility index (Phi) is 5.35. The predicted molar refractivity (Wildman–Crippen MR) is 105 cm³/mol. The van der Waals surface area contributed by atoms with Crippen LogP contribution in [0.15, 0.2) is 24.3 Å². The molecule has 0 saturated carbocycles. The molecule has 26 heavy (non-hydrogen) atoms. The second-order valence-electron chi connectivity index (χ2n) is 7.90. The Morgan fingerprint density at radius 3 is 2.35 bits per heavy atom.